The van der Waals surface area contributed by atoms with Gasteiger partial charge in [0.05, 0.1) is 6.26 Å². The molecule has 0 aliphatic rings. The summed E-state index contributed by atoms with van der Waals surface area (Å²) in [5.74, 6) is -0.510. The maximum Gasteiger partial charge on any atom is 0.291 e. The Bertz CT molecular complexity index is 1060. The van der Waals surface area contributed by atoms with Crippen LogP contribution < -0.4 is 10.6 Å². The van der Waals surface area contributed by atoms with Gasteiger partial charge in [0.25, 0.3) is 17.7 Å². The van der Waals surface area contributed by atoms with Crippen LogP contribution in [-0.4, -0.2) is 35.7 Å². The van der Waals surface area contributed by atoms with Crippen LogP contribution in [0.2, 0.25) is 0 Å². The van der Waals surface area contributed by atoms with E-state index in [1.165, 1.54) is 6.26 Å². The second kappa shape index (κ2) is 9.75. The van der Waals surface area contributed by atoms with Crippen molar-refractivity contribution < 1.29 is 18.8 Å². The topological polar surface area (TPSA) is 91.7 Å². The molecule has 0 radical (unpaired) electrons. The maximum absolute atomic E-state index is 12.5. The van der Waals surface area contributed by atoms with Gasteiger partial charge in [-0.15, -0.1) is 0 Å². The number of carbonyl (C=O) groups excluding carboxylic acids is 3. The fourth-order valence-electron chi connectivity index (χ4n) is 2.83. The lowest BCUT2D eigenvalue weighted by atomic mass is 10.1. The molecule has 0 fully saturated rings. The SMILES string of the molecule is CC(C)N(C)C(=O)c1ccc(CNC(=O)c2cccc(NC(=O)c3ccco3)c2)cc1. The van der Waals surface area contributed by atoms with Crippen molar-refractivity contribution in [2.24, 2.45) is 0 Å². The zero-order valence-electron chi connectivity index (χ0n) is 17.7. The molecular formula is C24H25N3O4. The minimum atomic E-state index is -0.389. The highest BCUT2D eigenvalue weighted by atomic mass is 16.3. The van der Waals surface area contributed by atoms with Gasteiger partial charge in [-0.25, -0.2) is 0 Å². The van der Waals surface area contributed by atoms with Crippen molar-refractivity contribution in [2.75, 3.05) is 12.4 Å². The van der Waals surface area contributed by atoms with Crippen molar-refractivity contribution in [3.8, 4) is 0 Å². The summed E-state index contributed by atoms with van der Waals surface area (Å²) in [6, 6.07) is 17.1. The first-order chi connectivity index (χ1) is 14.8. The molecule has 1 heterocycles. The van der Waals surface area contributed by atoms with Crippen molar-refractivity contribution in [2.45, 2.75) is 26.4 Å². The molecule has 1 aromatic heterocycles. The zero-order valence-corrected chi connectivity index (χ0v) is 17.7. The Morgan fingerprint density at radius 2 is 1.68 bits per heavy atom. The molecule has 7 heteroatoms. The Morgan fingerprint density at radius 3 is 2.32 bits per heavy atom. The summed E-state index contributed by atoms with van der Waals surface area (Å²) in [5, 5.41) is 5.55. The van der Waals surface area contributed by atoms with Crippen LogP contribution in [0, 0.1) is 0 Å². The second-order valence-corrected chi connectivity index (χ2v) is 7.40. The highest BCUT2D eigenvalue weighted by molar-refractivity contribution is 6.03. The smallest absolute Gasteiger partial charge is 0.291 e. The molecule has 3 rings (SSSR count). The van der Waals surface area contributed by atoms with Gasteiger partial charge in [-0.05, 0) is 61.9 Å². The van der Waals surface area contributed by atoms with E-state index in [4.69, 9.17) is 4.42 Å². The maximum atomic E-state index is 12.5. The molecular weight excluding hydrogens is 394 g/mol. The number of hydrogen-bond acceptors (Lipinski definition) is 4. The standard InChI is InChI=1S/C24H25N3O4/c1-16(2)27(3)24(30)18-11-9-17(10-12-18)15-25-22(28)19-6-4-7-20(14-19)26-23(29)21-8-5-13-31-21/h4-14,16H,15H2,1-3H3,(H,25,28)(H,26,29). The van der Waals surface area contributed by atoms with Crippen LogP contribution in [0.5, 0.6) is 0 Å². The van der Waals surface area contributed by atoms with E-state index in [1.807, 2.05) is 26.0 Å². The summed E-state index contributed by atoms with van der Waals surface area (Å²) in [7, 11) is 1.77. The van der Waals surface area contributed by atoms with Crippen LogP contribution in [0.4, 0.5) is 5.69 Å². The largest absolute Gasteiger partial charge is 0.459 e. The van der Waals surface area contributed by atoms with E-state index in [2.05, 4.69) is 10.6 Å². The first kappa shape index (κ1) is 21.8. The van der Waals surface area contributed by atoms with Gasteiger partial charge >= 0.3 is 0 Å². The van der Waals surface area contributed by atoms with Gasteiger partial charge in [-0.3, -0.25) is 14.4 Å². The van der Waals surface area contributed by atoms with Crippen LogP contribution in [0.25, 0.3) is 0 Å². The number of rotatable bonds is 7. The zero-order chi connectivity index (χ0) is 22.4. The number of amides is 3. The Hall–Kier alpha value is -3.87. The van der Waals surface area contributed by atoms with Gasteiger partial charge in [0, 0.05) is 36.4 Å². The summed E-state index contributed by atoms with van der Waals surface area (Å²) in [5.41, 5.74) is 2.39. The van der Waals surface area contributed by atoms with Crippen LogP contribution >= 0.6 is 0 Å². The van der Waals surface area contributed by atoms with Crippen molar-refractivity contribution in [3.05, 3.63) is 89.4 Å². The predicted molar refractivity (Wildman–Crippen MR) is 118 cm³/mol. The molecule has 0 aliphatic carbocycles. The number of benzene rings is 2. The number of anilines is 1. The van der Waals surface area contributed by atoms with E-state index in [0.717, 1.165) is 5.56 Å². The Kier molecular flexibility index (Phi) is 6.87. The summed E-state index contributed by atoms with van der Waals surface area (Å²) >= 11 is 0. The van der Waals surface area contributed by atoms with E-state index < -0.39 is 0 Å². The van der Waals surface area contributed by atoms with Gasteiger partial charge < -0.3 is 20.0 Å². The van der Waals surface area contributed by atoms with Crippen molar-refractivity contribution >= 4 is 23.4 Å². The molecule has 3 aromatic rings. The first-order valence-electron chi connectivity index (χ1n) is 9.94. The second-order valence-electron chi connectivity index (χ2n) is 7.40. The predicted octanol–water partition coefficient (Wildman–Crippen LogP) is 3.94. The molecule has 0 saturated heterocycles. The number of nitrogens with one attached hydrogen (secondary N) is 2. The van der Waals surface area contributed by atoms with E-state index in [0.29, 0.717) is 23.4 Å². The lowest BCUT2D eigenvalue weighted by Gasteiger charge is -2.21. The Labute approximate surface area is 181 Å². The number of nitrogens with zero attached hydrogens (tertiary/aromatic N) is 1. The highest BCUT2D eigenvalue weighted by Crippen LogP contribution is 2.14. The average Bonchev–Trinajstić information content (AvgIpc) is 3.32. The molecule has 0 spiro atoms. The molecule has 0 saturated carbocycles. The number of carbonyl (C=O) groups is 3. The van der Waals surface area contributed by atoms with Gasteiger partial charge in [-0.2, -0.15) is 0 Å². The first-order valence-corrected chi connectivity index (χ1v) is 9.94. The average molecular weight is 419 g/mol. The van der Waals surface area contributed by atoms with Crippen LogP contribution in [-0.2, 0) is 6.54 Å². The summed E-state index contributed by atoms with van der Waals surface area (Å²) < 4.78 is 5.07. The molecule has 0 unspecified atom stereocenters. The van der Waals surface area contributed by atoms with E-state index in [9.17, 15) is 14.4 Å². The molecule has 0 bridgehead atoms. The molecule has 2 N–H and O–H groups in total. The summed E-state index contributed by atoms with van der Waals surface area (Å²) in [6.45, 7) is 4.23. The number of furan rings is 1. The third-order valence-corrected chi connectivity index (χ3v) is 4.88. The summed E-state index contributed by atoms with van der Waals surface area (Å²) in [4.78, 5) is 38.6. The van der Waals surface area contributed by atoms with E-state index >= 15 is 0 Å². The van der Waals surface area contributed by atoms with Gasteiger partial charge in [0.2, 0.25) is 0 Å². The third-order valence-electron chi connectivity index (χ3n) is 4.88. The van der Waals surface area contributed by atoms with E-state index in [1.54, 1.807) is 60.5 Å². The minimum absolute atomic E-state index is 0.0426. The van der Waals surface area contributed by atoms with Crippen molar-refractivity contribution in [1.29, 1.82) is 0 Å². The molecule has 3 amide bonds. The Balaban J connectivity index is 1.58. The molecule has 0 aliphatic heterocycles. The Morgan fingerprint density at radius 1 is 0.935 bits per heavy atom. The molecule has 7 nitrogen and oxygen atoms in total. The molecule has 31 heavy (non-hydrogen) atoms. The summed E-state index contributed by atoms with van der Waals surface area (Å²) in [6.07, 6.45) is 1.42. The highest BCUT2D eigenvalue weighted by Gasteiger charge is 2.14. The molecule has 160 valence electrons. The molecule has 2 aromatic carbocycles. The third kappa shape index (κ3) is 5.60. The van der Waals surface area contributed by atoms with Gasteiger partial charge in [-0.1, -0.05) is 18.2 Å². The van der Waals surface area contributed by atoms with Crippen molar-refractivity contribution in [1.82, 2.24) is 10.2 Å². The normalized spacial score (nSPS) is 10.6. The van der Waals surface area contributed by atoms with Crippen LogP contribution in [0.3, 0.4) is 0 Å². The fourth-order valence-corrected chi connectivity index (χ4v) is 2.83. The minimum Gasteiger partial charge on any atom is -0.459 e. The van der Waals surface area contributed by atoms with E-state index in [-0.39, 0.29) is 29.5 Å². The van der Waals surface area contributed by atoms with Crippen LogP contribution in [0.15, 0.2) is 71.3 Å². The van der Waals surface area contributed by atoms with Gasteiger partial charge in [0.15, 0.2) is 5.76 Å². The van der Waals surface area contributed by atoms with Gasteiger partial charge in [0.1, 0.15) is 0 Å². The fraction of sp³-hybridized carbons (Fsp3) is 0.208. The monoisotopic (exact) mass is 419 g/mol. The quantitative estimate of drug-likeness (QED) is 0.607. The van der Waals surface area contributed by atoms with Crippen LogP contribution in [0.1, 0.15) is 50.7 Å². The lowest BCUT2D eigenvalue weighted by molar-refractivity contribution is 0.0754. The van der Waals surface area contributed by atoms with Crippen molar-refractivity contribution in [3.63, 3.8) is 0 Å². The number of hydrogen-bond donors (Lipinski definition) is 2. The molecule has 0 atom stereocenters. The lowest BCUT2D eigenvalue weighted by Crippen LogP contribution is -2.32.